The van der Waals surface area contributed by atoms with Crippen molar-refractivity contribution in [2.75, 3.05) is 19.1 Å². The van der Waals surface area contributed by atoms with E-state index in [4.69, 9.17) is 0 Å². The fourth-order valence-corrected chi connectivity index (χ4v) is 3.25. The van der Waals surface area contributed by atoms with Gasteiger partial charge in [-0.1, -0.05) is 31.5 Å². The van der Waals surface area contributed by atoms with E-state index in [-0.39, 0.29) is 0 Å². The number of hydrogen-bond donors (Lipinski definition) is 0. The number of aryl methyl sites for hydroxylation is 3. The third-order valence-corrected chi connectivity index (χ3v) is 4.81. The molecule has 0 aliphatic rings. The molecule has 1 aromatic rings. The van der Waals surface area contributed by atoms with Crippen LogP contribution in [0, 0.1) is 6.92 Å². The van der Waals surface area contributed by atoms with Crippen LogP contribution in [0.1, 0.15) is 60.2 Å². The first-order valence-electron chi connectivity index (χ1n) is 8.92. The van der Waals surface area contributed by atoms with Crippen LogP contribution in [-0.2, 0) is 17.6 Å². The second-order valence-electron chi connectivity index (χ2n) is 6.11. The van der Waals surface area contributed by atoms with E-state index in [9.17, 15) is 9.59 Å². The number of rotatable bonds is 10. The van der Waals surface area contributed by atoms with E-state index in [0.717, 1.165) is 59.6 Å². The summed E-state index contributed by atoms with van der Waals surface area (Å²) in [5.41, 5.74) is 3.55. The number of ketones is 1. The van der Waals surface area contributed by atoms with Crippen LogP contribution >= 0.6 is 11.8 Å². The first kappa shape index (κ1) is 21.4. The van der Waals surface area contributed by atoms with Gasteiger partial charge in [0.05, 0.1) is 0 Å². The lowest BCUT2D eigenvalue weighted by Gasteiger charge is -2.15. The summed E-state index contributed by atoms with van der Waals surface area (Å²) in [5.74, 6) is 0.0954. The van der Waals surface area contributed by atoms with Gasteiger partial charge >= 0.3 is 5.91 Å². The van der Waals surface area contributed by atoms with Crippen molar-refractivity contribution in [3.8, 4) is 0 Å². The van der Waals surface area contributed by atoms with Crippen LogP contribution in [0.4, 0.5) is 0 Å². The van der Waals surface area contributed by atoms with Gasteiger partial charge in [-0.25, -0.2) is 5.01 Å². The Kier molecular flexibility index (Phi) is 9.50. The minimum absolute atomic E-state index is 0.462. The monoisotopic (exact) mass is 362 g/mol. The van der Waals surface area contributed by atoms with E-state index >= 15 is 0 Å². The molecule has 0 saturated heterocycles. The standard InChI is InChI=1S/C20H30N2O2S/c1-6-16-13-15(3)14-17(7-2)18(16)19(23)20(24)22(4)21-11-9-8-10-12-25-5/h11,13-14H,6-10,12H2,1-5H3/b21-11+. The van der Waals surface area contributed by atoms with Gasteiger partial charge < -0.3 is 0 Å². The quantitative estimate of drug-likeness (QED) is 0.205. The first-order valence-corrected chi connectivity index (χ1v) is 10.3. The SMILES string of the molecule is CCc1cc(C)cc(CC)c1C(=O)C(=O)N(C)/N=C/CCCCSC. The lowest BCUT2D eigenvalue weighted by molar-refractivity contribution is -0.125. The van der Waals surface area contributed by atoms with Gasteiger partial charge in [-0.3, -0.25) is 9.59 Å². The van der Waals surface area contributed by atoms with Gasteiger partial charge in [0.2, 0.25) is 0 Å². The number of carbonyl (C=O) groups is 2. The predicted octanol–water partition coefficient (Wildman–Crippen LogP) is 4.28. The Hall–Kier alpha value is -1.62. The second-order valence-corrected chi connectivity index (χ2v) is 7.10. The lowest BCUT2D eigenvalue weighted by atomic mass is 9.92. The van der Waals surface area contributed by atoms with Crippen molar-refractivity contribution in [2.24, 2.45) is 5.10 Å². The number of thioether (sulfide) groups is 1. The molecule has 0 aromatic heterocycles. The van der Waals surface area contributed by atoms with E-state index < -0.39 is 11.7 Å². The minimum Gasteiger partial charge on any atom is -0.283 e. The summed E-state index contributed by atoms with van der Waals surface area (Å²) in [6, 6.07) is 3.99. The molecule has 0 radical (unpaired) electrons. The Balaban J connectivity index is 2.85. The molecule has 1 amide bonds. The van der Waals surface area contributed by atoms with Crippen LogP contribution in [0.5, 0.6) is 0 Å². The largest absolute Gasteiger partial charge is 0.314 e. The molecule has 0 heterocycles. The number of likely N-dealkylation sites (N-methyl/N-ethyl adjacent to an activating group) is 1. The topological polar surface area (TPSA) is 49.7 Å². The van der Waals surface area contributed by atoms with E-state index in [1.165, 1.54) is 0 Å². The fraction of sp³-hybridized carbons (Fsp3) is 0.550. The summed E-state index contributed by atoms with van der Waals surface area (Å²) in [4.78, 5) is 25.3. The zero-order valence-corrected chi connectivity index (χ0v) is 16.9. The zero-order chi connectivity index (χ0) is 18.8. The molecule has 25 heavy (non-hydrogen) atoms. The first-order chi connectivity index (χ1) is 12.0. The molecule has 0 atom stereocenters. The number of amides is 1. The van der Waals surface area contributed by atoms with Crippen LogP contribution in [-0.4, -0.2) is 42.0 Å². The Morgan fingerprint density at radius 2 is 1.76 bits per heavy atom. The maximum absolute atomic E-state index is 12.8. The summed E-state index contributed by atoms with van der Waals surface area (Å²) in [7, 11) is 1.55. The molecule has 5 heteroatoms. The van der Waals surface area contributed by atoms with Gasteiger partial charge in [-0.15, -0.1) is 0 Å². The van der Waals surface area contributed by atoms with E-state index in [2.05, 4.69) is 11.4 Å². The van der Waals surface area contributed by atoms with Crippen molar-refractivity contribution in [1.82, 2.24) is 5.01 Å². The number of nitrogens with zero attached hydrogens (tertiary/aromatic N) is 2. The van der Waals surface area contributed by atoms with Crippen LogP contribution in [0.15, 0.2) is 17.2 Å². The highest BCUT2D eigenvalue weighted by molar-refractivity contribution is 7.98. The second kappa shape index (κ2) is 11.1. The summed E-state index contributed by atoms with van der Waals surface area (Å²) >= 11 is 1.83. The van der Waals surface area contributed by atoms with Gasteiger partial charge in [0, 0.05) is 18.8 Å². The van der Waals surface area contributed by atoms with Crippen LogP contribution < -0.4 is 0 Å². The van der Waals surface area contributed by atoms with Gasteiger partial charge in [0.15, 0.2) is 0 Å². The molecular formula is C20H30N2O2S. The third kappa shape index (κ3) is 6.31. The van der Waals surface area contributed by atoms with E-state index in [0.29, 0.717) is 5.56 Å². The number of unbranched alkanes of at least 4 members (excludes halogenated alkanes) is 2. The highest BCUT2D eigenvalue weighted by atomic mass is 32.2. The normalized spacial score (nSPS) is 11.1. The van der Waals surface area contributed by atoms with Crippen molar-refractivity contribution in [1.29, 1.82) is 0 Å². The molecule has 0 saturated carbocycles. The minimum atomic E-state index is -0.575. The van der Waals surface area contributed by atoms with Crippen LogP contribution in [0.2, 0.25) is 0 Å². The highest BCUT2D eigenvalue weighted by Crippen LogP contribution is 2.20. The highest BCUT2D eigenvalue weighted by Gasteiger charge is 2.25. The van der Waals surface area contributed by atoms with Gasteiger partial charge in [0.1, 0.15) is 0 Å². The molecule has 0 aliphatic carbocycles. The number of carbonyl (C=O) groups excluding carboxylic acids is 2. The van der Waals surface area contributed by atoms with Crippen molar-refractivity contribution in [3.63, 3.8) is 0 Å². The van der Waals surface area contributed by atoms with Crippen LogP contribution in [0.3, 0.4) is 0 Å². The smallest absolute Gasteiger partial charge is 0.283 e. The average molecular weight is 363 g/mol. The number of Topliss-reactive ketones (excluding diaryl/α,β-unsaturated/α-hetero) is 1. The Bertz CT molecular complexity index is 601. The zero-order valence-electron chi connectivity index (χ0n) is 16.1. The third-order valence-electron chi connectivity index (χ3n) is 4.11. The Morgan fingerprint density at radius 1 is 1.16 bits per heavy atom. The molecule has 1 aromatic carbocycles. The number of hydrazone groups is 1. The maximum atomic E-state index is 12.8. The molecule has 0 fully saturated rings. The molecule has 4 nitrogen and oxygen atoms in total. The summed E-state index contributed by atoms with van der Waals surface area (Å²) in [5, 5.41) is 5.29. The predicted molar refractivity (Wildman–Crippen MR) is 108 cm³/mol. The summed E-state index contributed by atoms with van der Waals surface area (Å²) < 4.78 is 0. The lowest BCUT2D eigenvalue weighted by Crippen LogP contribution is -2.31. The van der Waals surface area contributed by atoms with Crippen molar-refractivity contribution >= 4 is 29.7 Å². The van der Waals surface area contributed by atoms with Gasteiger partial charge in [0.25, 0.3) is 5.78 Å². The van der Waals surface area contributed by atoms with Crippen molar-refractivity contribution in [2.45, 2.75) is 52.9 Å². The maximum Gasteiger partial charge on any atom is 0.314 e. The van der Waals surface area contributed by atoms with Gasteiger partial charge in [-0.2, -0.15) is 16.9 Å². The van der Waals surface area contributed by atoms with E-state index in [1.807, 2.05) is 44.7 Å². The molecule has 0 unspecified atom stereocenters. The molecular weight excluding hydrogens is 332 g/mol. The molecule has 0 spiro atoms. The van der Waals surface area contributed by atoms with Crippen molar-refractivity contribution < 1.29 is 9.59 Å². The number of benzene rings is 1. The van der Waals surface area contributed by atoms with Gasteiger partial charge in [-0.05, 0) is 62.2 Å². The van der Waals surface area contributed by atoms with E-state index in [1.54, 1.807) is 13.3 Å². The van der Waals surface area contributed by atoms with Crippen molar-refractivity contribution in [3.05, 3.63) is 34.4 Å². The van der Waals surface area contributed by atoms with Crippen LogP contribution in [0.25, 0.3) is 0 Å². The summed E-state index contributed by atoms with van der Waals surface area (Å²) in [6.07, 6.45) is 8.26. The molecule has 0 N–H and O–H groups in total. The molecule has 1 rings (SSSR count). The average Bonchev–Trinajstić information content (AvgIpc) is 2.62. The Labute approximate surface area is 156 Å². The molecule has 0 aliphatic heterocycles. The Morgan fingerprint density at radius 3 is 2.28 bits per heavy atom. The fourth-order valence-electron chi connectivity index (χ4n) is 2.76. The summed E-state index contributed by atoms with van der Waals surface area (Å²) in [6.45, 7) is 6.03. The molecule has 138 valence electrons. The number of hydrogen-bond acceptors (Lipinski definition) is 4. The molecule has 0 bridgehead atoms.